The summed E-state index contributed by atoms with van der Waals surface area (Å²) >= 11 is 0. The van der Waals surface area contributed by atoms with Gasteiger partial charge < -0.3 is 14.2 Å². The van der Waals surface area contributed by atoms with Gasteiger partial charge in [-0.3, -0.25) is 4.79 Å². The van der Waals surface area contributed by atoms with Gasteiger partial charge in [-0.05, 0) is 12.1 Å². The highest BCUT2D eigenvalue weighted by Crippen LogP contribution is 2.20. The second-order valence-electron chi connectivity index (χ2n) is 5.24. The SMILES string of the molecule is COc1ccccc1C(=O)N(C)Cc1nc(-c2ccccc2)no1. The van der Waals surface area contributed by atoms with Gasteiger partial charge in [-0.1, -0.05) is 47.6 Å². The van der Waals surface area contributed by atoms with Crippen LogP contribution >= 0.6 is 0 Å². The van der Waals surface area contributed by atoms with Gasteiger partial charge in [0, 0.05) is 12.6 Å². The summed E-state index contributed by atoms with van der Waals surface area (Å²) in [5.41, 5.74) is 1.36. The summed E-state index contributed by atoms with van der Waals surface area (Å²) in [7, 11) is 3.22. The van der Waals surface area contributed by atoms with Crippen molar-refractivity contribution < 1.29 is 14.1 Å². The molecular formula is C18H17N3O3. The largest absolute Gasteiger partial charge is 0.496 e. The van der Waals surface area contributed by atoms with E-state index in [-0.39, 0.29) is 12.5 Å². The Balaban J connectivity index is 1.74. The standard InChI is InChI=1S/C18H17N3O3/c1-21(18(22)14-10-6-7-11-15(14)23-2)12-16-19-17(20-24-16)13-8-4-3-5-9-13/h3-11H,12H2,1-2H3. The summed E-state index contributed by atoms with van der Waals surface area (Å²) in [4.78, 5) is 18.4. The molecule has 0 N–H and O–H groups in total. The molecule has 0 bridgehead atoms. The summed E-state index contributed by atoms with van der Waals surface area (Å²) in [6.07, 6.45) is 0. The average Bonchev–Trinajstić information content (AvgIpc) is 3.10. The predicted molar refractivity (Wildman–Crippen MR) is 88.5 cm³/mol. The number of carbonyl (C=O) groups is 1. The maximum atomic E-state index is 12.6. The lowest BCUT2D eigenvalue weighted by Crippen LogP contribution is -2.26. The fourth-order valence-corrected chi connectivity index (χ4v) is 2.33. The predicted octanol–water partition coefficient (Wildman–Crippen LogP) is 3.02. The molecule has 6 heteroatoms. The van der Waals surface area contributed by atoms with Gasteiger partial charge in [0.15, 0.2) is 0 Å². The molecule has 0 fully saturated rings. The van der Waals surface area contributed by atoms with Crippen LogP contribution in [0, 0.1) is 0 Å². The number of ether oxygens (including phenoxy) is 1. The summed E-state index contributed by atoms with van der Waals surface area (Å²) in [6, 6.07) is 16.6. The Morgan fingerprint density at radius 2 is 1.83 bits per heavy atom. The zero-order valence-electron chi connectivity index (χ0n) is 13.5. The van der Waals surface area contributed by atoms with Crippen molar-refractivity contribution in [3.8, 4) is 17.1 Å². The average molecular weight is 323 g/mol. The number of aromatic nitrogens is 2. The number of para-hydroxylation sites is 1. The third kappa shape index (κ3) is 3.27. The highest BCUT2D eigenvalue weighted by atomic mass is 16.5. The Labute approximate surface area is 139 Å². The van der Waals surface area contributed by atoms with E-state index >= 15 is 0 Å². The van der Waals surface area contributed by atoms with Crippen LogP contribution in [0.2, 0.25) is 0 Å². The van der Waals surface area contributed by atoms with Gasteiger partial charge in [-0.2, -0.15) is 4.98 Å². The molecule has 3 aromatic rings. The molecule has 0 aliphatic heterocycles. The van der Waals surface area contributed by atoms with Crippen molar-refractivity contribution in [1.29, 1.82) is 0 Å². The zero-order chi connectivity index (χ0) is 16.9. The summed E-state index contributed by atoms with van der Waals surface area (Å²) < 4.78 is 10.5. The molecule has 6 nitrogen and oxygen atoms in total. The first-order valence-corrected chi connectivity index (χ1v) is 7.45. The monoisotopic (exact) mass is 323 g/mol. The van der Waals surface area contributed by atoms with Gasteiger partial charge in [0.25, 0.3) is 5.91 Å². The molecular weight excluding hydrogens is 306 g/mol. The van der Waals surface area contributed by atoms with Crippen molar-refractivity contribution >= 4 is 5.91 Å². The number of carbonyl (C=O) groups excluding carboxylic acids is 1. The van der Waals surface area contributed by atoms with Crippen LogP contribution in [-0.2, 0) is 6.54 Å². The lowest BCUT2D eigenvalue weighted by Gasteiger charge is -2.16. The van der Waals surface area contributed by atoms with Gasteiger partial charge in [-0.15, -0.1) is 0 Å². The second kappa shape index (κ2) is 6.95. The van der Waals surface area contributed by atoms with E-state index < -0.39 is 0 Å². The van der Waals surface area contributed by atoms with Crippen LogP contribution in [0.4, 0.5) is 0 Å². The Kier molecular flexibility index (Phi) is 4.56. The molecule has 0 radical (unpaired) electrons. The molecule has 24 heavy (non-hydrogen) atoms. The lowest BCUT2D eigenvalue weighted by molar-refractivity contribution is 0.0766. The molecule has 3 rings (SSSR count). The fourth-order valence-electron chi connectivity index (χ4n) is 2.33. The van der Waals surface area contributed by atoms with Crippen molar-refractivity contribution in [3.63, 3.8) is 0 Å². The third-order valence-electron chi connectivity index (χ3n) is 3.56. The van der Waals surface area contributed by atoms with Gasteiger partial charge in [0.1, 0.15) is 12.3 Å². The van der Waals surface area contributed by atoms with Gasteiger partial charge >= 0.3 is 0 Å². The first-order chi connectivity index (χ1) is 11.7. The fraction of sp³-hybridized carbons (Fsp3) is 0.167. The first-order valence-electron chi connectivity index (χ1n) is 7.45. The zero-order valence-corrected chi connectivity index (χ0v) is 13.5. The molecule has 0 atom stereocenters. The number of rotatable bonds is 5. The molecule has 0 saturated heterocycles. The lowest BCUT2D eigenvalue weighted by atomic mass is 10.2. The third-order valence-corrected chi connectivity index (χ3v) is 3.56. The van der Waals surface area contributed by atoms with E-state index in [4.69, 9.17) is 9.26 Å². The Morgan fingerprint density at radius 1 is 1.12 bits per heavy atom. The first kappa shape index (κ1) is 15.7. The topological polar surface area (TPSA) is 68.5 Å². The van der Waals surface area contributed by atoms with Crippen LogP contribution < -0.4 is 4.74 Å². The number of hydrogen-bond donors (Lipinski definition) is 0. The van der Waals surface area contributed by atoms with E-state index in [1.807, 2.05) is 36.4 Å². The van der Waals surface area contributed by atoms with E-state index in [0.29, 0.717) is 23.0 Å². The molecule has 0 aliphatic rings. The summed E-state index contributed by atoms with van der Waals surface area (Å²) in [6.45, 7) is 0.219. The maximum absolute atomic E-state index is 12.6. The normalized spacial score (nSPS) is 10.4. The van der Waals surface area contributed by atoms with Crippen molar-refractivity contribution in [2.45, 2.75) is 6.54 Å². The van der Waals surface area contributed by atoms with Gasteiger partial charge in [0.2, 0.25) is 11.7 Å². The molecule has 1 heterocycles. The van der Waals surface area contributed by atoms with E-state index in [2.05, 4.69) is 10.1 Å². The van der Waals surface area contributed by atoms with E-state index in [1.165, 1.54) is 12.0 Å². The maximum Gasteiger partial charge on any atom is 0.257 e. The molecule has 0 saturated carbocycles. The quantitative estimate of drug-likeness (QED) is 0.722. The van der Waals surface area contributed by atoms with Crippen molar-refractivity contribution in [2.24, 2.45) is 0 Å². The van der Waals surface area contributed by atoms with Crippen LogP contribution in [0.5, 0.6) is 5.75 Å². The number of methoxy groups -OCH3 is 1. The molecule has 1 amide bonds. The molecule has 0 aliphatic carbocycles. The van der Waals surface area contributed by atoms with Crippen molar-refractivity contribution in [2.75, 3.05) is 14.2 Å². The van der Waals surface area contributed by atoms with Crippen molar-refractivity contribution in [3.05, 3.63) is 66.1 Å². The number of benzene rings is 2. The highest BCUT2D eigenvalue weighted by Gasteiger charge is 2.19. The molecule has 122 valence electrons. The second-order valence-corrected chi connectivity index (χ2v) is 5.24. The van der Waals surface area contributed by atoms with Crippen LogP contribution in [0.15, 0.2) is 59.1 Å². The summed E-state index contributed by atoms with van der Waals surface area (Å²) in [5, 5.41) is 3.96. The minimum absolute atomic E-state index is 0.174. The Morgan fingerprint density at radius 3 is 2.58 bits per heavy atom. The summed E-state index contributed by atoms with van der Waals surface area (Å²) in [5.74, 6) is 1.24. The molecule has 1 aromatic heterocycles. The molecule has 0 spiro atoms. The minimum atomic E-state index is -0.174. The van der Waals surface area contributed by atoms with Gasteiger partial charge in [0.05, 0.1) is 12.7 Å². The number of nitrogens with zero attached hydrogens (tertiary/aromatic N) is 3. The highest BCUT2D eigenvalue weighted by molar-refractivity contribution is 5.96. The van der Waals surface area contributed by atoms with E-state index in [0.717, 1.165) is 5.56 Å². The van der Waals surface area contributed by atoms with Crippen LogP contribution in [-0.4, -0.2) is 35.1 Å². The number of amides is 1. The van der Waals surface area contributed by atoms with Gasteiger partial charge in [-0.25, -0.2) is 0 Å². The van der Waals surface area contributed by atoms with Crippen LogP contribution in [0.3, 0.4) is 0 Å². The molecule has 2 aromatic carbocycles. The van der Waals surface area contributed by atoms with Crippen LogP contribution in [0.25, 0.3) is 11.4 Å². The Bertz CT molecular complexity index is 830. The minimum Gasteiger partial charge on any atom is -0.496 e. The van der Waals surface area contributed by atoms with E-state index in [9.17, 15) is 4.79 Å². The van der Waals surface area contributed by atoms with Crippen molar-refractivity contribution in [1.82, 2.24) is 15.0 Å². The Hall–Kier alpha value is -3.15. The smallest absolute Gasteiger partial charge is 0.257 e. The van der Waals surface area contributed by atoms with Crippen LogP contribution in [0.1, 0.15) is 16.2 Å². The molecule has 0 unspecified atom stereocenters. The van der Waals surface area contributed by atoms with E-state index in [1.54, 1.807) is 25.2 Å². The number of hydrogen-bond acceptors (Lipinski definition) is 5.